The van der Waals surface area contributed by atoms with Crippen LogP contribution in [0, 0.1) is 11.3 Å². The molecular formula is C4H8N2O. The molecule has 0 aromatic rings. The molecular weight excluding hydrogens is 92.1 g/mol. The van der Waals surface area contributed by atoms with E-state index in [1.54, 1.807) is 0 Å². The van der Waals surface area contributed by atoms with E-state index in [2.05, 4.69) is 10.7 Å². The van der Waals surface area contributed by atoms with Crippen molar-refractivity contribution >= 4 is 0 Å². The van der Waals surface area contributed by atoms with Gasteiger partial charge in [-0.05, 0) is 6.42 Å². The van der Waals surface area contributed by atoms with Gasteiger partial charge in [-0.3, -0.25) is 4.84 Å². The predicted molar refractivity (Wildman–Crippen MR) is 25.0 cm³/mol. The summed E-state index contributed by atoms with van der Waals surface area (Å²) < 4.78 is 0. The first-order valence-corrected chi connectivity index (χ1v) is 2.10. The highest BCUT2D eigenvalue weighted by Gasteiger charge is 1.97. The number of rotatable bonds is 2. The summed E-state index contributed by atoms with van der Waals surface area (Å²) in [5, 5.41) is 8.07. The van der Waals surface area contributed by atoms with E-state index in [4.69, 9.17) is 5.26 Å². The van der Waals surface area contributed by atoms with Crippen molar-refractivity contribution in [1.29, 1.82) is 5.26 Å². The Labute approximate surface area is 42.6 Å². The number of nitrogens with zero attached hydrogens (tertiary/aromatic N) is 1. The average Bonchev–Trinajstić information content (AvgIpc) is 1.72. The van der Waals surface area contributed by atoms with Crippen LogP contribution in [0.3, 0.4) is 0 Å². The van der Waals surface area contributed by atoms with E-state index in [1.165, 1.54) is 0 Å². The zero-order valence-corrected chi connectivity index (χ0v) is 4.22. The van der Waals surface area contributed by atoms with Gasteiger partial charge in [0, 0.05) is 0 Å². The summed E-state index contributed by atoms with van der Waals surface area (Å²) in [5.74, 6) is 4.67. The van der Waals surface area contributed by atoms with Crippen molar-refractivity contribution in [2.75, 3.05) is 0 Å². The molecule has 0 bridgehead atoms. The summed E-state index contributed by atoms with van der Waals surface area (Å²) in [6.45, 7) is 1.83. The second-order valence-electron chi connectivity index (χ2n) is 1.16. The van der Waals surface area contributed by atoms with Crippen molar-refractivity contribution in [2.24, 2.45) is 5.90 Å². The molecule has 0 aliphatic rings. The zero-order chi connectivity index (χ0) is 5.70. The minimum atomic E-state index is -0.431. The van der Waals surface area contributed by atoms with Crippen LogP contribution in [-0.2, 0) is 4.84 Å². The van der Waals surface area contributed by atoms with Gasteiger partial charge in [-0.15, -0.1) is 0 Å². The lowest BCUT2D eigenvalue weighted by atomic mass is 10.3. The van der Waals surface area contributed by atoms with E-state index >= 15 is 0 Å². The van der Waals surface area contributed by atoms with E-state index in [9.17, 15) is 0 Å². The molecule has 3 nitrogen and oxygen atoms in total. The van der Waals surface area contributed by atoms with Crippen LogP contribution in [0.4, 0.5) is 0 Å². The second kappa shape index (κ2) is 3.59. The van der Waals surface area contributed by atoms with Gasteiger partial charge < -0.3 is 0 Å². The Morgan fingerprint density at radius 3 is 2.57 bits per heavy atom. The molecule has 0 saturated heterocycles. The maximum absolute atomic E-state index is 8.07. The smallest absolute Gasteiger partial charge is 0.164 e. The van der Waals surface area contributed by atoms with E-state index in [0.717, 1.165) is 0 Å². The molecule has 0 aliphatic carbocycles. The fraction of sp³-hybridized carbons (Fsp3) is 0.750. The van der Waals surface area contributed by atoms with Gasteiger partial charge in [-0.25, -0.2) is 5.90 Å². The van der Waals surface area contributed by atoms with Crippen LogP contribution in [-0.4, -0.2) is 6.10 Å². The van der Waals surface area contributed by atoms with Gasteiger partial charge in [-0.1, -0.05) is 6.92 Å². The van der Waals surface area contributed by atoms with Crippen molar-refractivity contribution in [2.45, 2.75) is 19.4 Å². The molecule has 0 spiro atoms. The summed E-state index contributed by atoms with van der Waals surface area (Å²) in [4.78, 5) is 4.19. The first-order chi connectivity index (χ1) is 3.35. The lowest BCUT2D eigenvalue weighted by Crippen LogP contribution is -2.12. The molecule has 0 aliphatic heterocycles. The van der Waals surface area contributed by atoms with Gasteiger partial charge in [-0.2, -0.15) is 5.26 Å². The number of hydrogen-bond acceptors (Lipinski definition) is 3. The lowest BCUT2D eigenvalue weighted by molar-refractivity contribution is 0.0891. The van der Waals surface area contributed by atoms with Gasteiger partial charge in [0.15, 0.2) is 6.10 Å². The number of nitrogens with two attached hydrogens (primary N) is 1. The van der Waals surface area contributed by atoms with Gasteiger partial charge in [0.2, 0.25) is 0 Å². The molecule has 1 unspecified atom stereocenters. The van der Waals surface area contributed by atoms with Crippen LogP contribution in [0.2, 0.25) is 0 Å². The summed E-state index contributed by atoms with van der Waals surface area (Å²) in [7, 11) is 0. The van der Waals surface area contributed by atoms with Crippen LogP contribution < -0.4 is 5.90 Å². The molecule has 3 heteroatoms. The Morgan fingerprint density at radius 2 is 2.57 bits per heavy atom. The summed E-state index contributed by atoms with van der Waals surface area (Å²) in [6, 6.07) is 1.85. The number of nitriles is 1. The minimum absolute atomic E-state index is 0.431. The molecule has 0 amide bonds. The van der Waals surface area contributed by atoms with Gasteiger partial charge in [0.25, 0.3) is 0 Å². The zero-order valence-electron chi connectivity index (χ0n) is 4.22. The van der Waals surface area contributed by atoms with Gasteiger partial charge in [0.05, 0.1) is 6.07 Å². The van der Waals surface area contributed by atoms with Crippen LogP contribution in [0.1, 0.15) is 13.3 Å². The Kier molecular flexibility index (Phi) is 3.29. The highest BCUT2D eigenvalue weighted by atomic mass is 16.6. The topological polar surface area (TPSA) is 59.0 Å². The van der Waals surface area contributed by atoms with Crippen molar-refractivity contribution in [1.82, 2.24) is 0 Å². The van der Waals surface area contributed by atoms with Gasteiger partial charge in [0.1, 0.15) is 0 Å². The molecule has 0 saturated carbocycles. The molecule has 0 rings (SSSR count). The van der Waals surface area contributed by atoms with Crippen molar-refractivity contribution in [3.63, 3.8) is 0 Å². The summed E-state index contributed by atoms with van der Waals surface area (Å²) >= 11 is 0. The first-order valence-electron chi connectivity index (χ1n) is 2.10. The SMILES string of the molecule is CCC(C#N)ON. The standard InChI is InChI=1S/C4H8N2O/c1-2-4(3-5)7-6/h4H,2,6H2,1H3. The average molecular weight is 100 g/mol. The largest absolute Gasteiger partial charge is 0.286 e. The molecule has 0 aromatic heterocycles. The molecule has 0 fully saturated rings. The molecule has 0 radical (unpaired) electrons. The third-order valence-electron chi connectivity index (χ3n) is 0.679. The molecule has 0 heterocycles. The second-order valence-corrected chi connectivity index (χ2v) is 1.16. The first kappa shape index (κ1) is 6.41. The number of hydrogen-bond donors (Lipinski definition) is 1. The highest BCUT2D eigenvalue weighted by molar-refractivity contribution is 4.81. The van der Waals surface area contributed by atoms with E-state index < -0.39 is 6.10 Å². The normalized spacial score (nSPS) is 12.7. The van der Waals surface area contributed by atoms with E-state index in [1.807, 2.05) is 13.0 Å². The van der Waals surface area contributed by atoms with Crippen molar-refractivity contribution in [3.05, 3.63) is 0 Å². The molecule has 2 N–H and O–H groups in total. The summed E-state index contributed by atoms with van der Waals surface area (Å²) in [6.07, 6.45) is 0.215. The van der Waals surface area contributed by atoms with E-state index in [-0.39, 0.29) is 0 Å². The molecule has 0 aromatic carbocycles. The Bertz CT molecular complexity index is 72.2. The maximum Gasteiger partial charge on any atom is 0.164 e. The summed E-state index contributed by atoms with van der Waals surface area (Å²) in [5.41, 5.74) is 0. The maximum atomic E-state index is 8.07. The third-order valence-corrected chi connectivity index (χ3v) is 0.679. The van der Waals surface area contributed by atoms with Crippen molar-refractivity contribution < 1.29 is 4.84 Å². The van der Waals surface area contributed by atoms with Crippen molar-refractivity contribution in [3.8, 4) is 6.07 Å². The fourth-order valence-electron chi connectivity index (χ4n) is 0.218. The van der Waals surface area contributed by atoms with Crippen LogP contribution in [0.15, 0.2) is 0 Å². The molecule has 7 heavy (non-hydrogen) atoms. The Morgan fingerprint density at radius 1 is 2.00 bits per heavy atom. The monoisotopic (exact) mass is 100 g/mol. The Balaban J connectivity index is 3.23. The third kappa shape index (κ3) is 2.15. The fourth-order valence-corrected chi connectivity index (χ4v) is 0.218. The highest BCUT2D eigenvalue weighted by Crippen LogP contribution is 1.88. The van der Waals surface area contributed by atoms with Crippen LogP contribution in [0.5, 0.6) is 0 Å². The van der Waals surface area contributed by atoms with Crippen LogP contribution in [0.25, 0.3) is 0 Å². The lowest BCUT2D eigenvalue weighted by Gasteiger charge is -1.97. The van der Waals surface area contributed by atoms with E-state index in [0.29, 0.717) is 6.42 Å². The van der Waals surface area contributed by atoms with Gasteiger partial charge >= 0.3 is 0 Å². The minimum Gasteiger partial charge on any atom is -0.286 e. The predicted octanol–water partition coefficient (Wildman–Crippen LogP) is 0.179. The quantitative estimate of drug-likeness (QED) is 0.503. The molecule has 1 atom stereocenters. The molecule has 40 valence electrons. The Hall–Kier alpha value is -0.590. The van der Waals surface area contributed by atoms with Crippen LogP contribution >= 0.6 is 0 Å².